The molecular formula is C44H31Cl2F3N4O6. The number of fused-ring (bicyclic) bond motifs is 5. The zero-order valence-corrected chi connectivity index (χ0v) is 32.3. The van der Waals surface area contributed by atoms with Gasteiger partial charge in [-0.25, -0.2) is 4.98 Å². The van der Waals surface area contributed by atoms with Crippen molar-refractivity contribution in [1.29, 1.82) is 0 Å². The van der Waals surface area contributed by atoms with Crippen molar-refractivity contribution in [1.82, 2.24) is 9.99 Å². The number of imide groups is 2. The minimum absolute atomic E-state index is 0.0328. The molecule has 0 bridgehead atoms. The van der Waals surface area contributed by atoms with Gasteiger partial charge in [0.05, 0.1) is 39.4 Å². The highest BCUT2D eigenvalue weighted by atomic mass is 35.5. The van der Waals surface area contributed by atoms with Crippen molar-refractivity contribution in [2.45, 2.75) is 37.3 Å². The van der Waals surface area contributed by atoms with E-state index in [2.05, 4.69) is 10.4 Å². The second-order valence-electron chi connectivity index (χ2n) is 15.3. The molecule has 15 heteroatoms. The lowest BCUT2D eigenvalue weighted by Crippen LogP contribution is -2.53. The predicted molar refractivity (Wildman–Crippen MR) is 211 cm³/mol. The van der Waals surface area contributed by atoms with E-state index >= 15 is 9.59 Å². The minimum atomic E-state index is -4.77. The number of Topliss-reactive ketones (excluding diaryl/α,β-unsaturated/α-hetero) is 1. The molecule has 4 aromatic carbocycles. The van der Waals surface area contributed by atoms with Crippen molar-refractivity contribution in [3.05, 3.63) is 141 Å². The van der Waals surface area contributed by atoms with Gasteiger partial charge in [0.25, 0.3) is 11.8 Å². The van der Waals surface area contributed by atoms with Gasteiger partial charge in [0, 0.05) is 28.1 Å². The second-order valence-corrected chi connectivity index (χ2v) is 16.1. The number of halogens is 5. The Morgan fingerprint density at radius 3 is 2.24 bits per heavy atom. The van der Waals surface area contributed by atoms with Crippen molar-refractivity contribution in [3.63, 3.8) is 0 Å². The summed E-state index contributed by atoms with van der Waals surface area (Å²) in [5, 5.41) is 12.6. The monoisotopic (exact) mass is 838 g/mol. The van der Waals surface area contributed by atoms with Crippen LogP contribution in [-0.2, 0) is 30.8 Å². The van der Waals surface area contributed by atoms with E-state index in [0.29, 0.717) is 50.3 Å². The van der Waals surface area contributed by atoms with Crippen molar-refractivity contribution >= 4 is 74.9 Å². The van der Waals surface area contributed by atoms with Crippen LogP contribution in [0.25, 0.3) is 10.8 Å². The number of hydrazine groups is 1. The number of allylic oxidation sites excluding steroid dienone is 2. The number of alkyl halides is 3. The van der Waals surface area contributed by atoms with Crippen molar-refractivity contribution in [2.75, 3.05) is 10.3 Å². The van der Waals surface area contributed by atoms with Gasteiger partial charge < -0.3 is 5.11 Å². The van der Waals surface area contributed by atoms with Gasteiger partial charge in [-0.15, -0.1) is 0 Å². The van der Waals surface area contributed by atoms with Crippen LogP contribution in [0.5, 0.6) is 5.75 Å². The van der Waals surface area contributed by atoms with E-state index in [1.807, 2.05) is 6.08 Å². The molecule has 0 radical (unpaired) electrons. The van der Waals surface area contributed by atoms with E-state index in [1.165, 1.54) is 13.0 Å². The Labute approximate surface area is 344 Å². The molecule has 1 saturated carbocycles. The van der Waals surface area contributed by atoms with Crippen LogP contribution in [0.2, 0.25) is 10.0 Å². The molecule has 0 spiro atoms. The molecule has 4 amide bonds. The molecule has 2 saturated heterocycles. The van der Waals surface area contributed by atoms with Crippen molar-refractivity contribution < 1.29 is 42.3 Å². The van der Waals surface area contributed by atoms with E-state index in [4.69, 9.17) is 23.2 Å². The molecule has 1 aromatic heterocycles. The standard InChI is InChI=1S/C44H31Cl2F3N4O6/c1-21(54)22-6-12-26(13-7-22)52-39(56)31-15-14-30-32(36(31)41(52)58)19-33-40(57)53(51-38-34(46)18-24(20-50-38)44(47,48)49)42(59)43(33,23-8-10-25(45)11-9-23)37(30)29-16-17-35(55)28-5-3-2-4-27(28)29/h2-14,16-18,20,31-33,36-37,55H,15,19H2,1H3,(H,50,51)/t31-,32+,33-,36-,37-,43+/m0/s1. The van der Waals surface area contributed by atoms with Gasteiger partial charge >= 0.3 is 6.18 Å². The lowest BCUT2D eigenvalue weighted by molar-refractivity contribution is -0.139. The molecule has 2 aliphatic carbocycles. The number of nitrogens with zero attached hydrogens (tertiary/aromatic N) is 3. The number of anilines is 2. The number of hydrogen-bond donors (Lipinski definition) is 2. The molecule has 9 rings (SSSR count). The molecule has 5 aromatic rings. The molecule has 2 N–H and O–H groups in total. The van der Waals surface area contributed by atoms with Gasteiger partial charge in [-0.2, -0.15) is 18.2 Å². The normalized spacial score (nSPS) is 25.2. The maximum Gasteiger partial charge on any atom is 0.417 e. The molecule has 298 valence electrons. The summed E-state index contributed by atoms with van der Waals surface area (Å²) >= 11 is 12.7. The van der Waals surface area contributed by atoms with E-state index in [1.54, 1.807) is 78.9 Å². The summed E-state index contributed by atoms with van der Waals surface area (Å²) in [4.78, 5) is 76.4. The van der Waals surface area contributed by atoms with Gasteiger partial charge in [0.15, 0.2) is 11.6 Å². The van der Waals surface area contributed by atoms with Gasteiger partial charge in [-0.1, -0.05) is 77.3 Å². The molecule has 0 unspecified atom stereocenters. The highest BCUT2D eigenvalue weighted by molar-refractivity contribution is 6.33. The van der Waals surface area contributed by atoms with Gasteiger partial charge in [-0.05, 0) is 90.7 Å². The Bertz CT molecular complexity index is 2690. The number of amides is 4. The van der Waals surface area contributed by atoms with Crippen molar-refractivity contribution in [2.24, 2.45) is 23.7 Å². The number of carbonyl (C=O) groups excluding carboxylic acids is 5. The summed E-state index contributed by atoms with van der Waals surface area (Å²) in [5.41, 5.74) is 2.01. The zero-order chi connectivity index (χ0) is 41.7. The Balaban J connectivity index is 1.24. The second kappa shape index (κ2) is 13.8. The Morgan fingerprint density at radius 1 is 0.881 bits per heavy atom. The fourth-order valence-corrected chi connectivity index (χ4v) is 10.1. The third-order valence-corrected chi connectivity index (χ3v) is 12.9. The summed E-state index contributed by atoms with van der Waals surface area (Å²) in [5.74, 6) is -7.77. The Hall–Kier alpha value is -6.05. The quantitative estimate of drug-likeness (QED) is 0.0986. The first-order chi connectivity index (χ1) is 28.1. The van der Waals surface area contributed by atoms with Crippen LogP contribution in [-0.4, -0.2) is 44.5 Å². The maximum atomic E-state index is 15.5. The number of pyridine rings is 1. The number of phenols is 1. The third kappa shape index (κ3) is 5.76. The number of hydrogen-bond acceptors (Lipinski definition) is 8. The summed E-state index contributed by atoms with van der Waals surface area (Å²) in [6.45, 7) is 1.41. The number of carbonyl (C=O) groups is 5. The molecule has 3 fully saturated rings. The van der Waals surface area contributed by atoms with E-state index in [-0.39, 0.29) is 35.9 Å². The SMILES string of the molecule is CC(=O)c1ccc(N2C(=O)[C@H]3[C@H](CC=C4[C@H]3C[C@H]3C(=O)N(Nc5ncc(C(F)(F)F)cc5Cl)C(=O)[C@@]3(c3ccc(Cl)cc3)[C@H]4c3ccc(O)c4ccccc34)C2=O)cc1. The number of ketones is 1. The van der Waals surface area contributed by atoms with Gasteiger partial charge in [-0.3, -0.25) is 34.3 Å². The first kappa shape index (κ1) is 38.5. The van der Waals surface area contributed by atoms with E-state index in [0.717, 1.165) is 9.91 Å². The number of benzene rings is 4. The largest absolute Gasteiger partial charge is 0.507 e. The molecule has 4 aliphatic rings. The predicted octanol–water partition coefficient (Wildman–Crippen LogP) is 8.66. The first-order valence-electron chi connectivity index (χ1n) is 18.7. The van der Waals surface area contributed by atoms with Crippen molar-refractivity contribution in [3.8, 4) is 5.75 Å². The Kier molecular flexibility index (Phi) is 8.98. The topological polar surface area (TPSA) is 137 Å². The van der Waals surface area contributed by atoms with Crippen LogP contribution in [0.4, 0.5) is 24.7 Å². The van der Waals surface area contributed by atoms with Crippen LogP contribution in [0, 0.1) is 23.7 Å². The number of rotatable bonds is 6. The van der Waals surface area contributed by atoms with Crippen LogP contribution >= 0.6 is 23.2 Å². The van der Waals surface area contributed by atoms with Gasteiger partial charge in [0.1, 0.15) is 5.75 Å². The van der Waals surface area contributed by atoms with E-state index < -0.39 is 75.4 Å². The lowest BCUT2D eigenvalue weighted by atomic mass is 9.49. The first-order valence-corrected chi connectivity index (χ1v) is 19.4. The summed E-state index contributed by atoms with van der Waals surface area (Å²) < 4.78 is 40.7. The molecule has 6 atom stereocenters. The van der Waals surface area contributed by atoms with Crippen LogP contribution < -0.4 is 10.3 Å². The third-order valence-electron chi connectivity index (χ3n) is 12.3. The average molecular weight is 840 g/mol. The summed E-state index contributed by atoms with van der Waals surface area (Å²) in [6.07, 6.45) is -2.30. The summed E-state index contributed by atoms with van der Waals surface area (Å²) in [7, 11) is 0. The maximum absolute atomic E-state index is 15.5. The molecule has 10 nitrogen and oxygen atoms in total. The van der Waals surface area contributed by atoms with Crippen LogP contribution in [0.3, 0.4) is 0 Å². The van der Waals surface area contributed by atoms with Crippen LogP contribution in [0.1, 0.15) is 52.7 Å². The average Bonchev–Trinajstić information content (AvgIpc) is 3.59. The van der Waals surface area contributed by atoms with Gasteiger partial charge in [0.2, 0.25) is 11.8 Å². The lowest BCUT2D eigenvalue weighted by Gasteiger charge is -2.51. The zero-order valence-electron chi connectivity index (χ0n) is 30.8. The summed E-state index contributed by atoms with van der Waals surface area (Å²) in [6, 6.07) is 23.5. The smallest absolute Gasteiger partial charge is 0.417 e. The molecule has 3 heterocycles. The molecule has 59 heavy (non-hydrogen) atoms. The van der Waals surface area contributed by atoms with Crippen LogP contribution in [0.15, 0.2) is 109 Å². The highest BCUT2D eigenvalue weighted by Crippen LogP contribution is 2.65. The number of aromatic nitrogens is 1. The Morgan fingerprint density at radius 2 is 1.58 bits per heavy atom. The van der Waals surface area contributed by atoms with E-state index in [9.17, 15) is 32.7 Å². The minimum Gasteiger partial charge on any atom is -0.507 e. The highest BCUT2D eigenvalue weighted by Gasteiger charge is 2.70. The fraction of sp³-hybridized carbons (Fsp3) is 0.227. The number of aromatic hydroxyl groups is 1. The number of nitrogens with one attached hydrogen (secondary N) is 1. The molecule has 2 aliphatic heterocycles. The number of phenolic OH excluding ortho intramolecular Hbond substituents is 1. The molecular weight excluding hydrogens is 808 g/mol. The fourth-order valence-electron chi connectivity index (χ4n) is 9.79.